The predicted octanol–water partition coefficient (Wildman–Crippen LogP) is 5.30. The van der Waals surface area contributed by atoms with Crippen molar-refractivity contribution < 1.29 is 18.8 Å². The van der Waals surface area contributed by atoms with Crippen LogP contribution < -0.4 is 0 Å². The second-order valence-corrected chi connectivity index (χ2v) is 8.82. The van der Waals surface area contributed by atoms with Gasteiger partial charge in [-0.3, -0.25) is 4.90 Å². The van der Waals surface area contributed by atoms with Crippen molar-refractivity contribution in [3.05, 3.63) is 65.1 Å². The molecule has 1 saturated heterocycles. The van der Waals surface area contributed by atoms with E-state index in [0.717, 1.165) is 84.4 Å². The highest BCUT2D eigenvalue weighted by Crippen LogP contribution is 2.30. The summed E-state index contributed by atoms with van der Waals surface area (Å²) in [5, 5.41) is 13.6. The molecule has 0 spiro atoms. The smallest absolute Gasteiger partial charge is 0.165 e. The van der Waals surface area contributed by atoms with Gasteiger partial charge in [0.15, 0.2) is 11.6 Å². The van der Waals surface area contributed by atoms with Gasteiger partial charge in [-0.05, 0) is 55.7 Å². The van der Waals surface area contributed by atoms with Gasteiger partial charge in [0.2, 0.25) is 0 Å². The third-order valence-corrected chi connectivity index (χ3v) is 6.54. The van der Waals surface area contributed by atoms with Crippen molar-refractivity contribution in [3.63, 3.8) is 0 Å². The van der Waals surface area contributed by atoms with Crippen LogP contribution in [0.4, 0.5) is 4.39 Å². The van der Waals surface area contributed by atoms with E-state index in [1.807, 2.05) is 27.7 Å². The second kappa shape index (κ2) is 11.7. The largest absolute Gasteiger partial charge is 0.505 e. The Morgan fingerprint density at radius 3 is 2.47 bits per heavy atom. The van der Waals surface area contributed by atoms with Crippen molar-refractivity contribution in [2.45, 2.75) is 47.1 Å². The molecule has 1 aliphatic heterocycles. The summed E-state index contributed by atoms with van der Waals surface area (Å²) in [4.78, 5) is 7.40. The number of benzene rings is 2. The third-order valence-electron chi connectivity index (χ3n) is 6.54. The van der Waals surface area contributed by atoms with Crippen LogP contribution in [0.1, 0.15) is 36.7 Å². The van der Waals surface area contributed by atoms with Gasteiger partial charge in [0.25, 0.3) is 0 Å². The van der Waals surface area contributed by atoms with E-state index in [2.05, 4.69) is 32.8 Å². The van der Waals surface area contributed by atoms with E-state index in [1.54, 1.807) is 6.07 Å². The molecule has 0 unspecified atom stereocenters. The number of fused-ring (bicyclic) bond motifs is 1. The highest BCUT2D eigenvalue weighted by atomic mass is 19.1. The second-order valence-electron chi connectivity index (χ2n) is 8.82. The van der Waals surface area contributed by atoms with Gasteiger partial charge < -0.3 is 18.9 Å². The highest BCUT2D eigenvalue weighted by molar-refractivity contribution is 5.83. The molecule has 8 heteroatoms. The van der Waals surface area contributed by atoms with Crippen molar-refractivity contribution >= 4 is 11.0 Å². The summed E-state index contributed by atoms with van der Waals surface area (Å²) < 4.78 is 26.9. The predicted molar refractivity (Wildman–Crippen MR) is 139 cm³/mol. The molecule has 2 aromatic heterocycles. The summed E-state index contributed by atoms with van der Waals surface area (Å²) in [7, 11) is 0. The summed E-state index contributed by atoms with van der Waals surface area (Å²) in [5.41, 5.74) is 5.73. The molecule has 4 aromatic rings. The lowest BCUT2D eigenvalue weighted by Gasteiger charge is -2.27. The molecule has 5 rings (SSSR count). The van der Waals surface area contributed by atoms with Gasteiger partial charge in [0.1, 0.15) is 11.6 Å². The Balaban J connectivity index is 0.00000148. The first kappa shape index (κ1) is 25.9. The standard InChI is InChI=1S/C26H29FN4O3.C2H6/c1-17-26(18(2)34-29-17)20-5-6-23-22(16-20)28-25(8-4-19-3-7-24(32)21(27)15-19)31(23)10-9-30-11-13-33-14-12-30;1-2/h3,5-7,15-16,32H,4,8-14H2,1-2H3;1-2H3. The normalized spacial score (nSPS) is 14.1. The van der Waals surface area contributed by atoms with Crippen LogP contribution in [-0.2, 0) is 24.1 Å². The first-order valence-electron chi connectivity index (χ1n) is 12.7. The minimum atomic E-state index is -0.595. The Hall–Kier alpha value is -3.23. The molecule has 1 aliphatic rings. The summed E-state index contributed by atoms with van der Waals surface area (Å²) in [5.74, 6) is 0.835. The van der Waals surface area contributed by atoms with E-state index < -0.39 is 5.82 Å². The topological polar surface area (TPSA) is 76.6 Å². The van der Waals surface area contributed by atoms with Gasteiger partial charge in [-0.25, -0.2) is 9.37 Å². The number of ether oxygens (including phenoxy) is 1. The molecule has 3 heterocycles. The number of aryl methyl sites for hydroxylation is 4. The van der Waals surface area contributed by atoms with E-state index >= 15 is 0 Å². The summed E-state index contributed by atoms with van der Waals surface area (Å²) in [6.07, 6.45) is 1.30. The molecule has 0 radical (unpaired) electrons. The van der Waals surface area contributed by atoms with Crippen LogP contribution in [-0.4, -0.2) is 57.6 Å². The van der Waals surface area contributed by atoms with Crippen molar-refractivity contribution in [1.82, 2.24) is 19.6 Å². The number of hydrogen-bond donors (Lipinski definition) is 1. The number of phenols is 1. The zero-order valence-corrected chi connectivity index (χ0v) is 21.6. The van der Waals surface area contributed by atoms with Crippen LogP contribution in [0, 0.1) is 19.7 Å². The zero-order chi connectivity index (χ0) is 25.7. The average Bonchev–Trinajstić information content (AvgIpc) is 3.43. The number of morpholine rings is 1. The molecule has 2 aromatic carbocycles. The number of imidazole rings is 1. The molecule has 0 atom stereocenters. The van der Waals surface area contributed by atoms with E-state index in [-0.39, 0.29) is 5.75 Å². The highest BCUT2D eigenvalue weighted by Gasteiger charge is 2.17. The van der Waals surface area contributed by atoms with Crippen LogP contribution in [0.2, 0.25) is 0 Å². The molecule has 0 bridgehead atoms. The van der Waals surface area contributed by atoms with Gasteiger partial charge in [0, 0.05) is 38.2 Å². The molecule has 0 aliphatic carbocycles. The van der Waals surface area contributed by atoms with Crippen LogP contribution in [0.5, 0.6) is 5.75 Å². The molecule has 0 amide bonds. The van der Waals surface area contributed by atoms with E-state index in [9.17, 15) is 9.50 Å². The SMILES string of the molecule is CC.Cc1noc(C)c1-c1ccc2c(c1)nc(CCc1ccc(O)c(F)c1)n2CCN1CCOCC1. The number of rotatable bonds is 7. The summed E-state index contributed by atoms with van der Waals surface area (Å²) >= 11 is 0. The third kappa shape index (κ3) is 5.60. The Labute approximate surface area is 211 Å². The number of hydrogen-bond acceptors (Lipinski definition) is 6. The minimum absolute atomic E-state index is 0.326. The number of nitrogens with zero attached hydrogens (tertiary/aromatic N) is 4. The van der Waals surface area contributed by atoms with Crippen molar-refractivity contribution in [2.24, 2.45) is 0 Å². The Bertz CT molecular complexity index is 1290. The molecule has 36 heavy (non-hydrogen) atoms. The molecule has 1 fully saturated rings. The van der Waals surface area contributed by atoms with E-state index in [4.69, 9.17) is 14.2 Å². The Morgan fingerprint density at radius 1 is 1.00 bits per heavy atom. The number of halogens is 1. The molecular weight excluding hydrogens is 459 g/mol. The lowest BCUT2D eigenvalue weighted by molar-refractivity contribution is 0.0364. The Kier molecular flexibility index (Phi) is 8.38. The minimum Gasteiger partial charge on any atom is -0.505 e. The quantitative estimate of drug-likeness (QED) is 0.376. The van der Waals surface area contributed by atoms with E-state index in [0.29, 0.717) is 12.8 Å². The molecule has 7 nitrogen and oxygen atoms in total. The molecule has 1 N–H and O–H groups in total. The molecule has 192 valence electrons. The van der Waals surface area contributed by atoms with Gasteiger partial charge >= 0.3 is 0 Å². The summed E-state index contributed by atoms with van der Waals surface area (Å²) in [6.45, 7) is 13.0. The number of phenolic OH excluding ortho intramolecular Hbond substituents is 1. The maximum atomic E-state index is 13.8. The van der Waals surface area contributed by atoms with Gasteiger partial charge in [0.05, 0.1) is 29.9 Å². The average molecular weight is 495 g/mol. The number of aromatic nitrogens is 3. The summed E-state index contributed by atoms with van der Waals surface area (Å²) in [6, 6.07) is 10.9. The Morgan fingerprint density at radius 2 is 1.78 bits per heavy atom. The van der Waals surface area contributed by atoms with E-state index in [1.165, 1.54) is 12.1 Å². The monoisotopic (exact) mass is 494 g/mol. The van der Waals surface area contributed by atoms with Crippen molar-refractivity contribution in [1.29, 1.82) is 0 Å². The maximum Gasteiger partial charge on any atom is 0.165 e. The van der Waals surface area contributed by atoms with Crippen LogP contribution in [0.15, 0.2) is 40.9 Å². The first-order valence-corrected chi connectivity index (χ1v) is 12.7. The van der Waals surface area contributed by atoms with Crippen LogP contribution in [0.25, 0.3) is 22.2 Å². The zero-order valence-electron chi connectivity index (χ0n) is 21.6. The first-order chi connectivity index (χ1) is 17.5. The van der Waals surface area contributed by atoms with Crippen LogP contribution >= 0.6 is 0 Å². The fraction of sp³-hybridized carbons (Fsp3) is 0.429. The lowest BCUT2D eigenvalue weighted by atomic mass is 10.0. The van der Waals surface area contributed by atoms with Crippen LogP contribution in [0.3, 0.4) is 0 Å². The van der Waals surface area contributed by atoms with Crippen molar-refractivity contribution in [3.8, 4) is 16.9 Å². The van der Waals surface area contributed by atoms with Gasteiger partial charge in [-0.15, -0.1) is 0 Å². The molecule has 0 saturated carbocycles. The van der Waals surface area contributed by atoms with Gasteiger partial charge in [-0.1, -0.05) is 31.1 Å². The fourth-order valence-electron chi connectivity index (χ4n) is 4.70. The maximum absolute atomic E-state index is 13.8. The lowest BCUT2D eigenvalue weighted by Crippen LogP contribution is -2.38. The molecular formula is C28H35FN4O3. The number of aromatic hydroxyl groups is 1. The fourth-order valence-corrected chi connectivity index (χ4v) is 4.70. The van der Waals surface area contributed by atoms with Gasteiger partial charge in [-0.2, -0.15) is 0 Å². The van der Waals surface area contributed by atoms with Crippen molar-refractivity contribution in [2.75, 3.05) is 32.8 Å².